The van der Waals surface area contributed by atoms with Crippen LogP contribution in [-0.2, 0) is 11.2 Å². The van der Waals surface area contributed by atoms with Gasteiger partial charge < -0.3 is 10.0 Å². The minimum absolute atomic E-state index is 0.156. The summed E-state index contributed by atoms with van der Waals surface area (Å²) in [7, 11) is 0. The van der Waals surface area contributed by atoms with Crippen molar-refractivity contribution in [2.45, 2.75) is 44.4 Å². The van der Waals surface area contributed by atoms with Crippen molar-refractivity contribution in [2.75, 3.05) is 13.1 Å². The smallest absolute Gasteiger partial charge is 0.382 e. The maximum atomic E-state index is 13.0. The lowest BCUT2D eigenvalue weighted by molar-refractivity contribution is -0.208. The molecule has 0 radical (unpaired) electrons. The van der Waals surface area contributed by atoms with E-state index in [9.17, 15) is 23.1 Å². The number of carbonyl (C=O) groups is 1. The van der Waals surface area contributed by atoms with Crippen LogP contribution in [0.2, 0.25) is 5.02 Å². The van der Waals surface area contributed by atoms with Gasteiger partial charge in [-0.2, -0.15) is 13.2 Å². The fraction of sp³-hybridized carbons (Fsp3) is 0.632. The van der Waals surface area contributed by atoms with Gasteiger partial charge in [-0.05, 0) is 61.6 Å². The number of benzene rings is 1. The Bertz CT molecular complexity index is 615. The lowest BCUT2D eigenvalue weighted by Crippen LogP contribution is -2.47. The van der Waals surface area contributed by atoms with Crippen LogP contribution in [0.15, 0.2) is 24.3 Å². The van der Waals surface area contributed by atoms with Crippen LogP contribution in [0.5, 0.6) is 0 Å². The van der Waals surface area contributed by atoms with Gasteiger partial charge in [0.2, 0.25) is 5.91 Å². The largest absolute Gasteiger partial charge is 0.416 e. The second-order valence-corrected chi connectivity index (χ2v) is 7.86. The Balaban J connectivity index is 1.69. The second-order valence-electron chi connectivity index (χ2n) is 7.42. The molecule has 0 aromatic heterocycles. The molecule has 1 N–H and O–H groups in total. The van der Waals surface area contributed by atoms with Gasteiger partial charge >= 0.3 is 6.18 Å². The van der Waals surface area contributed by atoms with Crippen LogP contribution in [0.4, 0.5) is 13.2 Å². The first-order valence-electron chi connectivity index (χ1n) is 9.03. The standard InChI is InChI=1S/C19H23ClF3NO2/c20-15-7-1-12(2-8-15)9-10-24(11-16(25)19(21,22)23)18(26)17(13-3-4-13)14-5-6-14/h1-2,7-8,13-14,16-17,25H,3-6,9-11H2. The second kappa shape index (κ2) is 7.77. The molecule has 1 aromatic rings. The zero-order valence-corrected chi connectivity index (χ0v) is 15.1. The highest BCUT2D eigenvalue weighted by Gasteiger charge is 2.48. The molecule has 1 amide bonds. The molecule has 26 heavy (non-hydrogen) atoms. The Morgan fingerprint density at radius 2 is 1.69 bits per heavy atom. The van der Waals surface area contributed by atoms with Crippen LogP contribution in [-0.4, -0.2) is 41.3 Å². The van der Waals surface area contributed by atoms with E-state index in [1.807, 2.05) is 0 Å². The topological polar surface area (TPSA) is 40.5 Å². The van der Waals surface area contributed by atoms with Crippen LogP contribution < -0.4 is 0 Å². The van der Waals surface area contributed by atoms with E-state index in [4.69, 9.17) is 11.6 Å². The van der Waals surface area contributed by atoms with Crippen LogP contribution in [0, 0.1) is 17.8 Å². The SMILES string of the molecule is O=C(C(C1CC1)C1CC1)N(CCc1ccc(Cl)cc1)CC(O)C(F)(F)F. The Labute approximate surface area is 156 Å². The van der Waals surface area contributed by atoms with Gasteiger partial charge in [0.25, 0.3) is 0 Å². The number of hydrogen-bond donors (Lipinski definition) is 1. The molecule has 3 nitrogen and oxygen atoms in total. The maximum absolute atomic E-state index is 13.0. The summed E-state index contributed by atoms with van der Waals surface area (Å²) in [5, 5.41) is 10.1. The average Bonchev–Trinajstić information content (AvgIpc) is 3.46. The van der Waals surface area contributed by atoms with Gasteiger partial charge in [0.1, 0.15) is 0 Å². The van der Waals surface area contributed by atoms with E-state index in [2.05, 4.69) is 0 Å². The number of alkyl halides is 3. The van der Waals surface area contributed by atoms with E-state index in [0.717, 1.165) is 31.2 Å². The molecule has 0 aliphatic heterocycles. The first-order chi connectivity index (χ1) is 12.3. The predicted molar refractivity (Wildman–Crippen MR) is 92.7 cm³/mol. The highest BCUT2D eigenvalue weighted by atomic mass is 35.5. The zero-order chi connectivity index (χ0) is 18.9. The molecular formula is C19H23ClF3NO2. The molecule has 144 valence electrons. The van der Waals surface area contributed by atoms with E-state index >= 15 is 0 Å². The highest BCUT2D eigenvalue weighted by molar-refractivity contribution is 6.30. The van der Waals surface area contributed by atoms with Gasteiger partial charge in [0, 0.05) is 17.5 Å². The summed E-state index contributed by atoms with van der Waals surface area (Å²) in [5.74, 6) is 0.194. The van der Waals surface area contributed by atoms with Gasteiger partial charge in [0.05, 0.1) is 6.54 Å². The minimum atomic E-state index is -4.73. The average molecular weight is 390 g/mol. The summed E-state index contributed by atoms with van der Waals surface area (Å²) in [6.45, 7) is -0.546. The molecule has 1 atom stereocenters. The number of aliphatic hydroxyl groups excluding tert-OH is 1. The molecule has 2 saturated carbocycles. The number of nitrogens with zero attached hydrogens (tertiary/aromatic N) is 1. The number of rotatable bonds is 8. The van der Waals surface area contributed by atoms with Crippen molar-refractivity contribution in [1.82, 2.24) is 4.90 Å². The van der Waals surface area contributed by atoms with Crippen molar-refractivity contribution in [3.05, 3.63) is 34.9 Å². The summed E-state index contributed by atoms with van der Waals surface area (Å²) < 4.78 is 38.5. The molecule has 0 spiro atoms. The van der Waals surface area contributed by atoms with E-state index in [1.54, 1.807) is 24.3 Å². The Hall–Kier alpha value is -1.27. The molecule has 3 rings (SSSR count). The van der Waals surface area contributed by atoms with E-state index in [0.29, 0.717) is 23.3 Å². The number of aliphatic hydroxyl groups is 1. The number of hydrogen-bond acceptors (Lipinski definition) is 2. The van der Waals surface area contributed by atoms with Crippen molar-refractivity contribution in [2.24, 2.45) is 17.8 Å². The summed E-state index contributed by atoms with van der Waals surface area (Å²) in [5.41, 5.74) is 0.892. The molecule has 0 saturated heterocycles. The number of carbonyl (C=O) groups excluding carboxylic acids is 1. The van der Waals surface area contributed by atoms with Crippen molar-refractivity contribution in [1.29, 1.82) is 0 Å². The first kappa shape index (κ1) is 19.5. The molecule has 1 unspecified atom stereocenters. The molecule has 0 heterocycles. The summed E-state index contributed by atoms with van der Waals surface area (Å²) >= 11 is 5.85. The minimum Gasteiger partial charge on any atom is -0.382 e. The lowest BCUT2D eigenvalue weighted by atomic mass is 9.95. The van der Waals surface area contributed by atoms with Gasteiger partial charge in [-0.1, -0.05) is 23.7 Å². The molecule has 7 heteroatoms. The molecule has 2 aliphatic rings. The van der Waals surface area contributed by atoms with E-state index in [1.165, 1.54) is 4.90 Å². The monoisotopic (exact) mass is 389 g/mol. The van der Waals surface area contributed by atoms with Gasteiger partial charge in [-0.3, -0.25) is 4.79 Å². The van der Waals surface area contributed by atoms with Crippen LogP contribution in [0.3, 0.4) is 0 Å². The molecule has 1 aromatic carbocycles. The number of amides is 1. The third kappa shape index (κ3) is 5.13. The highest BCUT2D eigenvalue weighted by Crippen LogP contribution is 2.50. The summed E-state index contributed by atoms with van der Waals surface area (Å²) in [4.78, 5) is 14.2. The van der Waals surface area contributed by atoms with E-state index < -0.39 is 18.8 Å². The number of halogens is 4. The van der Waals surface area contributed by atoms with Crippen molar-refractivity contribution < 1.29 is 23.1 Å². The van der Waals surface area contributed by atoms with Crippen LogP contribution >= 0.6 is 11.6 Å². The molecular weight excluding hydrogens is 367 g/mol. The predicted octanol–water partition coefficient (Wildman–Crippen LogP) is 4.07. The van der Waals surface area contributed by atoms with Crippen LogP contribution in [0.1, 0.15) is 31.2 Å². The summed E-state index contributed by atoms with van der Waals surface area (Å²) in [6.07, 6.45) is -2.93. The normalized spacial score (nSPS) is 18.8. The van der Waals surface area contributed by atoms with Crippen molar-refractivity contribution in [3.63, 3.8) is 0 Å². The Morgan fingerprint density at radius 1 is 1.15 bits per heavy atom. The fourth-order valence-corrected chi connectivity index (χ4v) is 3.55. The third-order valence-electron chi connectivity index (χ3n) is 5.21. The van der Waals surface area contributed by atoms with Gasteiger partial charge in [-0.25, -0.2) is 0 Å². The third-order valence-corrected chi connectivity index (χ3v) is 5.46. The lowest BCUT2D eigenvalue weighted by Gasteiger charge is -2.30. The molecule has 2 fully saturated rings. The quantitative estimate of drug-likeness (QED) is 0.728. The van der Waals surface area contributed by atoms with Crippen molar-refractivity contribution in [3.8, 4) is 0 Å². The zero-order valence-electron chi connectivity index (χ0n) is 14.4. The van der Waals surface area contributed by atoms with Gasteiger partial charge in [0.15, 0.2) is 6.10 Å². The van der Waals surface area contributed by atoms with E-state index in [-0.39, 0.29) is 18.4 Å². The Morgan fingerprint density at radius 3 is 2.15 bits per heavy atom. The maximum Gasteiger partial charge on any atom is 0.416 e. The van der Waals surface area contributed by atoms with Gasteiger partial charge in [-0.15, -0.1) is 0 Å². The van der Waals surface area contributed by atoms with Crippen molar-refractivity contribution >= 4 is 17.5 Å². The molecule has 0 bridgehead atoms. The molecule has 2 aliphatic carbocycles. The first-order valence-corrected chi connectivity index (χ1v) is 9.41. The summed E-state index contributed by atoms with van der Waals surface area (Å²) in [6, 6.07) is 7.02. The van der Waals surface area contributed by atoms with Crippen LogP contribution in [0.25, 0.3) is 0 Å². The fourth-order valence-electron chi connectivity index (χ4n) is 3.43. The Kier molecular flexibility index (Phi) is 5.82.